The molecule has 26 heteroatoms. The van der Waals surface area contributed by atoms with Crippen molar-refractivity contribution in [3.05, 3.63) is 0 Å². The number of hydrogen-bond acceptors (Lipinski definition) is 21. The SMILES string of the molecule is O.O.O=C([O-])[C@H](O)[C@@H](O)[C@H](O)[C@H](O)CO.O=C([O-])[C@H](O)[C@@H](O)[C@H](O)[C@H](O)CO.O=C([O-])[C@H](O)[C@@H](O)[C@H](O)[C@H](O)CO.[Na+].[Na+].[Na+]. The number of carbonyl (C=O) groups is 3. The second-order valence-corrected chi connectivity index (χ2v) is 7.48. The normalized spacial score (nSPS) is 18.1. The maximum absolute atomic E-state index is 9.98. The van der Waals surface area contributed by atoms with Crippen LogP contribution in [0.15, 0.2) is 0 Å². The summed E-state index contributed by atoms with van der Waals surface area (Å²) in [5, 5.41) is 160. The average Bonchev–Trinajstić information content (AvgIpc) is 2.92. The first-order chi connectivity index (χ1) is 17.7. The molecule has 0 aromatic heterocycles. The Bertz CT molecular complexity index is 619. The van der Waals surface area contributed by atoms with Crippen molar-refractivity contribution in [2.24, 2.45) is 0 Å². The maximum Gasteiger partial charge on any atom is 1.00 e. The quantitative estimate of drug-likeness (QED) is 0.0709. The molecule has 0 heterocycles. The van der Waals surface area contributed by atoms with Gasteiger partial charge in [0.05, 0.1) is 37.7 Å². The van der Waals surface area contributed by atoms with Crippen LogP contribution in [-0.2, 0) is 14.4 Å². The fourth-order valence-electron chi connectivity index (χ4n) is 1.99. The van der Waals surface area contributed by atoms with Gasteiger partial charge in [0.1, 0.15) is 73.2 Å². The number of carbonyl (C=O) groups excluding carboxylic acids is 3. The van der Waals surface area contributed by atoms with E-state index in [1.54, 1.807) is 0 Å². The van der Waals surface area contributed by atoms with Gasteiger partial charge in [0.2, 0.25) is 0 Å². The van der Waals surface area contributed by atoms with Gasteiger partial charge in [0.15, 0.2) is 0 Å². The summed E-state index contributed by atoms with van der Waals surface area (Å²) in [6, 6.07) is 0. The minimum absolute atomic E-state index is 0. The topological polar surface area (TPSA) is 487 Å². The summed E-state index contributed by atoms with van der Waals surface area (Å²) in [4.78, 5) is 29.9. The summed E-state index contributed by atoms with van der Waals surface area (Å²) >= 11 is 0. The molecule has 0 bridgehead atoms. The van der Waals surface area contributed by atoms with E-state index >= 15 is 0 Å². The van der Waals surface area contributed by atoms with Gasteiger partial charge < -0.3 is 117 Å². The summed E-state index contributed by atoms with van der Waals surface area (Å²) in [7, 11) is 0. The van der Waals surface area contributed by atoms with Crippen LogP contribution in [0.5, 0.6) is 0 Å². The molecule has 0 aliphatic carbocycles. The van der Waals surface area contributed by atoms with Gasteiger partial charge in [-0.1, -0.05) is 0 Å². The van der Waals surface area contributed by atoms with E-state index in [0.29, 0.717) is 0 Å². The number of carboxylic acids is 3. The molecule has 0 spiro atoms. The molecule has 19 N–H and O–H groups in total. The van der Waals surface area contributed by atoms with Crippen LogP contribution in [-0.4, -0.2) is 199 Å². The van der Waals surface area contributed by atoms with E-state index in [1.807, 2.05) is 0 Å². The van der Waals surface area contributed by atoms with Crippen molar-refractivity contribution in [3.63, 3.8) is 0 Å². The van der Waals surface area contributed by atoms with E-state index in [9.17, 15) is 29.7 Å². The van der Waals surface area contributed by atoms with Crippen molar-refractivity contribution in [2.75, 3.05) is 19.8 Å². The standard InChI is InChI=1S/3C6H12O7.3Na.2H2O/c3*7-1-2(8)3(9)4(10)5(11)6(12)13;;;;;/h3*2-5,7-11H,1H2,(H,12,13);;;;2*1H2/q;;;3*+1;;/p-3/t3*2-,3-,4+,5-;;;;;/m111...../s1. The number of aliphatic carboxylic acids is 3. The third-order valence-electron chi connectivity index (χ3n) is 4.49. The van der Waals surface area contributed by atoms with Gasteiger partial charge in [-0.15, -0.1) is 0 Å². The number of aliphatic hydroxyl groups is 15. The molecule has 0 aliphatic rings. The summed E-state index contributed by atoms with van der Waals surface area (Å²) in [6.45, 7) is -2.59. The Kier molecular flexibility index (Phi) is 48.5. The number of carboxylic acid groups (broad SMARTS) is 3. The number of hydrogen-bond donors (Lipinski definition) is 15. The van der Waals surface area contributed by atoms with Gasteiger partial charge in [-0.25, -0.2) is 0 Å². The Hall–Kier alpha value is 0.730. The third kappa shape index (κ3) is 24.8. The van der Waals surface area contributed by atoms with Crippen LogP contribution in [0.3, 0.4) is 0 Å². The van der Waals surface area contributed by atoms with Crippen molar-refractivity contribution in [1.82, 2.24) is 0 Å². The van der Waals surface area contributed by atoms with Crippen molar-refractivity contribution < 1.29 is 206 Å². The molecule has 0 saturated carbocycles. The predicted molar refractivity (Wildman–Crippen MR) is 116 cm³/mol. The summed E-state index contributed by atoms with van der Waals surface area (Å²) < 4.78 is 0. The van der Waals surface area contributed by atoms with Gasteiger partial charge in [-0.05, 0) is 0 Å². The first kappa shape index (κ1) is 63.4. The van der Waals surface area contributed by atoms with Crippen LogP contribution >= 0.6 is 0 Å². The van der Waals surface area contributed by atoms with E-state index in [1.165, 1.54) is 0 Å². The second kappa shape index (κ2) is 33.6. The van der Waals surface area contributed by atoms with E-state index in [4.69, 9.17) is 76.6 Å². The fourth-order valence-corrected chi connectivity index (χ4v) is 1.99. The molecule has 250 valence electrons. The monoisotopic (exact) mass is 690 g/mol. The smallest absolute Gasteiger partial charge is 0.547 e. The van der Waals surface area contributed by atoms with Gasteiger partial charge >= 0.3 is 88.7 Å². The van der Waals surface area contributed by atoms with Gasteiger partial charge in [-0.3, -0.25) is 0 Å². The maximum atomic E-state index is 9.98. The van der Waals surface area contributed by atoms with E-state index < -0.39 is 111 Å². The molecule has 12 atom stereocenters. The van der Waals surface area contributed by atoms with E-state index in [-0.39, 0.29) is 99.6 Å². The minimum atomic E-state index is -2.31. The third-order valence-corrected chi connectivity index (χ3v) is 4.49. The second-order valence-electron chi connectivity index (χ2n) is 7.48. The molecule has 0 aromatic rings. The molecule has 0 unspecified atom stereocenters. The minimum Gasteiger partial charge on any atom is -0.547 e. The van der Waals surface area contributed by atoms with Crippen LogP contribution in [0.1, 0.15) is 0 Å². The number of rotatable bonds is 15. The largest absolute Gasteiger partial charge is 1.00 e. The first-order valence-corrected chi connectivity index (χ1v) is 10.4. The molecule has 44 heavy (non-hydrogen) atoms. The molecule has 0 rings (SSSR count). The summed E-state index contributed by atoms with van der Waals surface area (Å²) in [6.07, 6.45) is -24.2. The summed E-state index contributed by atoms with van der Waals surface area (Å²) in [5.74, 6) is -5.93. The van der Waals surface area contributed by atoms with Crippen molar-refractivity contribution in [1.29, 1.82) is 0 Å². The van der Waals surface area contributed by atoms with Crippen LogP contribution in [0.2, 0.25) is 0 Å². The Morgan fingerprint density at radius 3 is 0.614 bits per heavy atom. The average molecular weight is 690 g/mol. The Morgan fingerprint density at radius 1 is 0.386 bits per heavy atom. The molecule has 0 amide bonds. The van der Waals surface area contributed by atoms with Crippen LogP contribution in [0.4, 0.5) is 0 Å². The Morgan fingerprint density at radius 2 is 0.523 bits per heavy atom. The van der Waals surface area contributed by atoms with Crippen LogP contribution < -0.4 is 104 Å². The molecular weight excluding hydrogens is 653 g/mol. The summed E-state index contributed by atoms with van der Waals surface area (Å²) in [5.41, 5.74) is 0. The van der Waals surface area contributed by atoms with Gasteiger partial charge in [0, 0.05) is 0 Å². The van der Waals surface area contributed by atoms with Gasteiger partial charge in [0.25, 0.3) is 0 Å². The first-order valence-electron chi connectivity index (χ1n) is 10.4. The zero-order valence-corrected chi connectivity index (χ0v) is 29.7. The Balaban J connectivity index is -0.0000000697. The fraction of sp³-hybridized carbons (Fsp3) is 0.833. The van der Waals surface area contributed by atoms with Crippen molar-refractivity contribution >= 4 is 17.9 Å². The van der Waals surface area contributed by atoms with Crippen LogP contribution in [0.25, 0.3) is 0 Å². The molecule has 23 nitrogen and oxygen atoms in total. The molecule has 0 saturated heterocycles. The molecule has 0 aromatic carbocycles. The molecule has 0 aliphatic heterocycles. The van der Waals surface area contributed by atoms with Crippen molar-refractivity contribution in [2.45, 2.75) is 73.2 Å². The van der Waals surface area contributed by atoms with Gasteiger partial charge in [-0.2, -0.15) is 0 Å². The van der Waals surface area contributed by atoms with Crippen LogP contribution in [0, 0.1) is 0 Å². The zero-order chi connectivity index (χ0) is 31.8. The van der Waals surface area contributed by atoms with E-state index in [0.717, 1.165) is 0 Å². The molecular formula is C18H37Na3O23. The zero-order valence-electron chi connectivity index (χ0n) is 23.7. The van der Waals surface area contributed by atoms with E-state index in [2.05, 4.69) is 0 Å². The molecule has 0 fully saturated rings. The van der Waals surface area contributed by atoms with Crippen molar-refractivity contribution in [3.8, 4) is 0 Å². The molecule has 0 radical (unpaired) electrons. The number of aliphatic hydroxyl groups excluding tert-OH is 15. The predicted octanol–water partition coefficient (Wildman–Crippen LogP) is -25.1. The Labute approximate surface area is 314 Å².